The van der Waals surface area contributed by atoms with Crippen LogP contribution in [0.5, 0.6) is 11.5 Å². The second-order valence-electron chi connectivity index (χ2n) is 18.9. The van der Waals surface area contributed by atoms with Gasteiger partial charge in [-0.25, -0.2) is 9.59 Å². The first-order valence-corrected chi connectivity index (χ1v) is 25.5. The highest BCUT2D eigenvalue weighted by Crippen LogP contribution is 2.52. The van der Waals surface area contributed by atoms with E-state index in [1.54, 1.807) is 20.3 Å². The number of hydrogen-bond acceptors (Lipinski definition) is 9. The van der Waals surface area contributed by atoms with E-state index in [2.05, 4.69) is 43.0 Å². The molecule has 63 heavy (non-hydrogen) atoms. The lowest BCUT2D eigenvalue weighted by molar-refractivity contribution is -0.461. The van der Waals surface area contributed by atoms with Crippen LogP contribution in [-0.2, 0) is 37.4 Å². The maximum Gasteiger partial charge on any atom is 0.350 e. The number of ketones is 1. The van der Waals surface area contributed by atoms with E-state index in [-0.39, 0.29) is 18.1 Å². The average Bonchev–Trinajstić information content (AvgIpc) is 3.56. The van der Waals surface area contributed by atoms with Crippen molar-refractivity contribution in [3.8, 4) is 11.5 Å². The van der Waals surface area contributed by atoms with Crippen LogP contribution in [-0.4, -0.2) is 49.9 Å². The van der Waals surface area contributed by atoms with E-state index in [1.807, 2.05) is 12.1 Å². The number of likely N-dealkylation sites (tertiary alicyclic amines) is 1. The second-order valence-corrected chi connectivity index (χ2v) is 18.9. The SMILES string of the molecule is CCCCCCCCCCCCCCC(=O)OOOC(=O)C(CCCCCCCCCCCCC)C1(CC2CCN(Cc3ccccc3)CC2)Cc2cc(OC)c(OC)cc2C1=O. The highest BCUT2D eigenvalue weighted by molar-refractivity contribution is 6.07. The van der Waals surface area contributed by atoms with Gasteiger partial charge in [-0.2, -0.15) is 0 Å². The Hall–Kier alpha value is -3.43. The van der Waals surface area contributed by atoms with Gasteiger partial charge in [0, 0.05) is 23.6 Å². The van der Waals surface area contributed by atoms with Gasteiger partial charge in [0.05, 0.1) is 25.6 Å². The van der Waals surface area contributed by atoms with Gasteiger partial charge in [-0.1, -0.05) is 185 Å². The highest BCUT2D eigenvalue weighted by Gasteiger charge is 2.55. The molecule has 1 fully saturated rings. The molecule has 2 aliphatic rings. The number of rotatable bonds is 35. The van der Waals surface area contributed by atoms with Crippen LogP contribution >= 0.6 is 0 Å². The predicted octanol–water partition coefficient (Wildman–Crippen LogP) is 14.1. The molecule has 9 nitrogen and oxygen atoms in total. The lowest BCUT2D eigenvalue weighted by Crippen LogP contribution is -2.45. The van der Waals surface area contributed by atoms with Gasteiger partial charge >= 0.3 is 11.9 Å². The fourth-order valence-corrected chi connectivity index (χ4v) is 10.2. The van der Waals surface area contributed by atoms with E-state index >= 15 is 4.79 Å². The lowest BCUT2D eigenvalue weighted by atomic mass is 9.64. The molecule has 1 heterocycles. The third-order valence-electron chi connectivity index (χ3n) is 13.9. The zero-order chi connectivity index (χ0) is 45.0. The summed E-state index contributed by atoms with van der Waals surface area (Å²) in [4.78, 5) is 55.0. The summed E-state index contributed by atoms with van der Waals surface area (Å²) in [6.07, 6.45) is 30.9. The zero-order valence-electron chi connectivity index (χ0n) is 40.0. The topological polar surface area (TPSA) is 101 Å². The molecule has 4 rings (SSSR count). The van der Waals surface area contributed by atoms with Crippen molar-refractivity contribution in [1.29, 1.82) is 0 Å². The van der Waals surface area contributed by atoms with Gasteiger partial charge in [0.2, 0.25) is 0 Å². The Morgan fingerprint density at radius 1 is 0.667 bits per heavy atom. The quantitative estimate of drug-likeness (QED) is 0.0381. The van der Waals surface area contributed by atoms with Crippen molar-refractivity contribution in [3.63, 3.8) is 0 Å². The van der Waals surface area contributed by atoms with Gasteiger partial charge < -0.3 is 9.47 Å². The average molecular weight is 876 g/mol. The maximum atomic E-state index is 15.0. The van der Waals surface area contributed by atoms with Crippen molar-refractivity contribution in [3.05, 3.63) is 59.2 Å². The Balaban J connectivity index is 1.39. The van der Waals surface area contributed by atoms with Crippen LogP contribution in [0.3, 0.4) is 0 Å². The number of Topliss-reactive ketones (excluding diaryl/α,β-unsaturated/α-hetero) is 1. The molecule has 2 unspecified atom stereocenters. The predicted molar refractivity (Wildman–Crippen MR) is 253 cm³/mol. The molecular formula is C54H85NO8. The Labute approximate surface area is 381 Å². The molecule has 2 aromatic rings. The van der Waals surface area contributed by atoms with E-state index in [4.69, 9.17) is 24.3 Å². The number of methoxy groups -OCH3 is 2. The Morgan fingerprint density at radius 3 is 1.71 bits per heavy atom. The molecule has 0 bridgehead atoms. The lowest BCUT2D eigenvalue weighted by Gasteiger charge is -2.40. The molecule has 1 saturated heterocycles. The summed E-state index contributed by atoms with van der Waals surface area (Å²) in [5.74, 6) is -0.769. The zero-order valence-corrected chi connectivity index (χ0v) is 40.0. The summed E-state index contributed by atoms with van der Waals surface area (Å²) >= 11 is 0. The first kappa shape index (κ1) is 52.2. The summed E-state index contributed by atoms with van der Waals surface area (Å²) in [6.45, 7) is 7.24. The van der Waals surface area contributed by atoms with Gasteiger partial charge in [0.15, 0.2) is 17.3 Å². The third-order valence-corrected chi connectivity index (χ3v) is 13.9. The summed E-state index contributed by atoms with van der Waals surface area (Å²) in [5.41, 5.74) is 1.66. The standard InChI is InChI=1S/C54H85NO8/c1-5-7-9-11-13-15-17-19-21-23-25-30-34-51(56)61-63-62-53(58)48(33-29-24-22-20-18-16-14-12-10-8-6-2)54(42-46-39-49(59-3)50(60-4)40-47(46)52(54)57)41-44-35-37-55(38-36-44)43-45-31-27-26-28-32-45/h26-28,31-32,39-40,44,48H,5-25,29-30,33-38,41-43H2,1-4H3. The molecule has 2 aromatic carbocycles. The third kappa shape index (κ3) is 18.2. The minimum Gasteiger partial charge on any atom is -0.493 e. The van der Waals surface area contributed by atoms with Gasteiger partial charge in [-0.3, -0.25) is 19.5 Å². The van der Waals surface area contributed by atoms with E-state index in [0.717, 1.165) is 76.6 Å². The van der Waals surface area contributed by atoms with E-state index in [9.17, 15) is 9.59 Å². The smallest absolute Gasteiger partial charge is 0.350 e. The number of carbonyl (C=O) groups excluding carboxylic acids is 3. The van der Waals surface area contributed by atoms with Gasteiger partial charge in [0.1, 0.15) is 0 Å². The van der Waals surface area contributed by atoms with Gasteiger partial charge in [0.25, 0.3) is 0 Å². The number of fused-ring (bicyclic) bond motifs is 1. The van der Waals surface area contributed by atoms with Crippen LogP contribution in [0, 0.1) is 17.3 Å². The van der Waals surface area contributed by atoms with Crippen molar-refractivity contribution in [1.82, 2.24) is 4.90 Å². The van der Waals surface area contributed by atoms with Crippen LogP contribution in [0.4, 0.5) is 0 Å². The first-order chi connectivity index (χ1) is 30.8. The maximum absolute atomic E-state index is 15.0. The van der Waals surface area contributed by atoms with Crippen molar-refractivity contribution < 1.29 is 38.7 Å². The number of nitrogens with zero attached hydrogens (tertiary/aromatic N) is 1. The van der Waals surface area contributed by atoms with Crippen molar-refractivity contribution in [2.24, 2.45) is 17.3 Å². The van der Waals surface area contributed by atoms with Gasteiger partial charge in [-0.05, 0) is 80.8 Å². The van der Waals surface area contributed by atoms with Crippen LogP contribution in [0.2, 0.25) is 0 Å². The first-order valence-electron chi connectivity index (χ1n) is 25.5. The summed E-state index contributed by atoms with van der Waals surface area (Å²) in [7, 11) is 3.17. The van der Waals surface area contributed by atoms with Crippen LogP contribution in [0.1, 0.15) is 215 Å². The minimum atomic E-state index is -1.05. The van der Waals surface area contributed by atoms with Crippen LogP contribution in [0.25, 0.3) is 0 Å². The molecule has 354 valence electrons. The Bertz CT molecular complexity index is 1570. The van der Waals surface area contributed by atoms with Crippen LogP contribution in [0.15, 0.2) is 42.5 Å². The number of hydrogen-bond donors (Lipinski definition) is 0. The normalized spacial score (nSPS) is 17.1. The molecule has 2 atom stereocenters. The van der Waals surface area contributed by atoms with E-state index in [0.29, 0.717) is 42.7 Å². The molecule has 1 aliphatic carbocycles. The Morgan fingerprint density at radius 2 is 1.17 bits per heavy atom. The molecule has 0 radical (unpaired) electrons. The van der Waals surface area contributed by atoms with Crippen molar-refractivity contribution in [2.45, 2.75) is 207 Å². The molecule has 1 aliphatic heterocycles. The summed E-state index contributed by atoms with van der Waals surface area (Å²) < 4.78 is 11.3. The molecule has 0 aromatic heterocycles. The molecule has 0 amide bonds. The number of carbonyl (C=O) groups is 3. The molecule has 0 saturated carbocycles. The van der Waals surface area contributed by atoms with Gasteiger partial charge in [-0.15, -0.1) is 0 Å². The molecule has 0 spiro atoms. The van der Waals surface area contributed by atoms with Crippen LogP contribution < -0.4 is 9.47 Å². The number of benzene rings is 2. The fraction of sp³-hybridized carbons (Fsp3) is 0.722. The van der Waals surface area contributed by atoms with Crippen molar-refractivity contribution >= 4 is 17.7 Å². The summed E-state index contributed by atoms with van der Waals surface area (Å²) in [5, 5.41) is 5.00. The van der Waals surface area contributed by atoms with Crippen molar-refractivity contribution in [2.75, 3.05) is 27.3 Å². The Kier molecular flexibility index (Phi) is 25.4. The van der Waals surface area contributed by atoms with E-state index in [1.165, 1.54) is 108 Å². The fourth-order valence-electron chi connectivity index (χ4n) is 10.2. The van der Waals surface area contributed by atoms with E-state index < -0.39 is 23.3 Å². The highest BCUT2D eigenvalue weighted by atomic mass is 17.5. The summed E-state index contributed by atoms with van der Waals surface area (Å²) in [6, 6.07) is 14.2. The largest absolute Gasteiger partial charge is 0.493 e. The monoisotopic (exact) mass is 876 g/mol. The number of unbranched alkanes of at least 4 members (excludes halogenated alkanes) is 21. The molecular weight excluding hydrogens is 791 g/mol. The number of piperidine rings is 1. The number of ether oxygens (including phenoxy) is 2. The second kappa shape index (κ2) is 30.7. The molecule has 9 heteroatoms. The minimum absolute atomic E-state index is 0.0563. The molecule has 0 N–H and O–H groups in total.